The van der Waals surface area contributed by atoms with Crippen LogP contribution in [0, 0.1) is 11.8 Å². The van der Waals surface area contributed by atoms with Gasteiger partial charge < -0.3 is 5.73 Å². The molecule has 1 rings (SSSR count). The maximum atomic E-state index is 5.86. The summed E-state index contributed by atoms with van der Waals surface area (Å²) in [7, 11) is 0. The van der Waals surface area contributed by atoms with Crippen molar-refractivity contribution in [3.05, 3.63) is 0 Å². The lowest BCUT2D eigenvalue weighted by atomic mass is 9.91. The number of nitrogens with zero attached hydrogens (tertiary/aromatic N) is 1. The summed E-state index contributed by atoms with van der Waals surface area (Å²) < 4.78 is 0. The minimum atomic E-state index is 0.646. The normalized spacial score (nSPS) is 30.4. The monoisotopic (exact) mass is 212 g/mol. The number of piperidine rings is 1. The van der Waals surface area contributed by atoms with Gasteiger partial charge in [0.15, 0.2) is 0 Å². The first-order valence-electron chi connectivity index (χ1n) is 6.61. The molecule has 0 aromatic rings. The SMILES string of the molecule is CCCC(C)CN1CCC(C)CC1CN. The van der Waals surface area contributed by atoms with Crippen molar-refractivity contribution in [3.8, 4) is 0 Å². The second-order valence-electron chi connectivity index (χ2n) is 5.41. The summed E-state index contributed by atoms with van der Waals surface area (Å²) in [6, 6.07) is 0.646. The van der Waals surface area contributed by atoms with Crippen molar-refractivity contribution in [2.45, 2.75) is 52.5 Å². The molecule has 1 fully saturated rings. The molecule has 0 aromatic heterocycles. The van der Waals surface area contributed by atoms with Gasteiger partial charge in [0.1, 0.15) is 0 Å². The van der Waals surface area contributed by atoms with E-state index in [4.69, 9.17) is 5.73 Å². The number of nitrogens with two attached hydrogens (primary N) is 1. The van der Waals surface area contributed by atoms with E-state index in [0.717, 1.165) is 18.4 Å². The molecule has 1 heterocycles. The second-order valence-corrected chi connectivity index (χ2v) is 5.41. The molecule has 0 amide bonds. The van der Waals surface area contributed by atoms with E-state index in [9.17, 15) is 0 Å². The molecule has 1 aliphatic heterocycles. The van der Waals surface area contributed by atoms with Crippen molar-refractivity contribution in [1.82, 2.24) is 4.90 Å². The van der Waals surface area contributed by atoms with Crippen LogP contribution in [0.4, 0.5) is 0 Å². The molecule has 0 spiro atoms. The predicted molar refractivity (Wildman–Crippen MR) is 66.9 cm³/mol. The molecule has 0 saturated carbocycles. The fourth-order valence-electron chi connectivity index (χ4n) is 2.77. The van der Waals surface area contributed by atoms with Crippen molar-refractivity contribution in [2.24, 2.45) is 17.6 Å². The lowest BCUT2D eigenvalue weighted by molar-refractivity contribution is 0.104. The molecule has 2 N–H and O–H groups in total. The van der Waals surface area contributed by atoms with Crippen molar-refractivity contribution in [1.29, 1.82) is 0 Å². The molecule has 3 unspecified atom stereocenters. The highest BCUT2D eigenvalue weighted by molar-refractivity contribution is 4.81. The van der Waals surface area contributed by atoms with Crippen LogP contribution >= 0.6 is 0 Å². The molecule has 3 atom stereocenters. The Morgan fingerprint density at radius 3 is 2.80 bits per heavy atom. The second kappa shape index (κ2) is 6.49. The average Bonchev–Trinajstić information content (AvgIpc) is 2.21. The number of likely N-dealkylation sites (tertiary alicyclic amines) is 1. The van der Waals surface area contributed by atoms with Crippen LogP contribution in [0.1, 0.15) is 46.5 Å². The Hall–Kier alpha value is -0.0800. The van der Waals surface area contributed by atoms with E-state index < -0.39 is 0 Å². The Morgan fingerprint density at radius 1 is 1.47 bits per heavy atom. The minimum Gasteiger partial charge on any atom is -0.329 e. The van der Waals surface area contributed by atoms with Gasteiger partial charge in [-0.2, -0.15) is 0 Å². The molecule has 90 valence electrons. The zero-order chi connectivity index (χ0) is 11.3. The minimum absolute atomic E-state index is 0.646. The van der Waals surface area contributed by atoms with E-state index in [1.54, 1.807) is 0 Å². The fourth-order valence-corrected chi connectivity index (χ4v) is 2.77. The summed E-state index contributed by atoms with van der Waals surface area (Å²) in [5.41, 5.74) is 5.86. The molecular formula is C13H28N2. The Labute approximate surface area is 95.2 Å². The van der Waals surface area contributed by atoms with E-state index in [0.29, 0.717) is 6.04 Å². The molecule has 2 heteroatoms. The van der Waals surface area contributed by atoms with Gasteiger partial charge in [0, 0.05) is 19.1 Å². The summed E-state index contributed by atoms with van der Waals surface area (Å²) in [5.74, 6) is 1.70. The third-order valence-electron chi connectivity index (χ3n) is 3.70. The Kier molecular flexibility index (Phi) is 5.62. The molecule has 1 aliphatic rings. The molecule has 1 saturated heterocycles. The van der Waals surface area contributed by atoms with Crippen LogP contribution in [0.2, 0.25) is 0 Å². The third-order valence-corrected chi connectivity index (χ3v) is 3.70. The van der Waals surface area contributed by atoms with Crippen LogP contribution in [0.25, 0.3) is 0 Å². The van der Waals surface area contributed by atoms with Crippen LogP contribution in [-0.4, -0.2) is 30.6 Å². The zero-order valence-electron chi connectivity index (χ0n) is 10.7. The van der Waals surface area contributed by atoms with Crippen molar-refractivity contribution in [3.63, 3.8) is 0 Å². The summed E-state index contributed by atoms with van der Waals surface area (Å²) in [5, 5.41) is 0. The molecule has 0 aliphatic carbocycles. The maximum Gasteiger partial charge on any atom is 0.0221 e. The standard InChI is InChI=1S/C13H28N2/c1-4-5-12(3)10-15-7-6-11(2)8-13(15)9-14/h11-13H,4-10,14H2,1-3H3. The lowest BCUT2D eigenvalue weighted by Gasteiger charge is -2.39. The van der Waals surface area contributed by atoms with Crippen molar-refractivity contribution < 1.29 is 0 Å². The first-order valence-corrected chi connectivity index (χ1v) is 6.61. The van der Waals surface area contributed by atoms with Crippen LogP contribution < -0.4 is 5.73 Å². The largest absolute Gasteiger partial charge is 0.329 e. The predicted octanol–water partition coefficient (Wildman–Crippen LogP) is 2.48. The van der Waals surface area contributed by atoms with E-state index in [-0.39, 0.29) is 0 Å². The third kappa shape index (κ3) is 4.12. The van der Waals surface area contributed by atoms with Gasteiger partial charge in [-0.05, 0) is 37.6 Å². The summed E-state index contributed by atoms with van der Waals surface area (Å²) in [4.78, 5) is 2.63. The smallest absolute Gasteiger partial charge is 0.0221 e. The topological polar surface area (TPSA) is 29.3 Å². The molecule has 0 bridgehead atoms. The van der Waals surface area contributed by atoms with E-state index in [2.05, 4.69) is 25.7 Å². The van der Waals surface area contributed by atoms with Crippen LogP contribution in [0.15, 0.2) is 0 Å². The quantitative estimate of drug-likeness (QED) is 0.758. The molecule has 0 radical (unpaired) electrons. The number of hydrogen-bond donors (Lipinski definition) is 1. The van der Waals surface area contributed by atoms with E-state index >= 15 is 0 Å². The molecular weight excluding hydrogens is 184 g/mol. The van der Waals surface area contributed by atoms with E-state index in [1.807, 2.05) is 0 Å². The van der Waals surface area contributed by atoms with Crippen LogP contribution in [0.3, 0.4) is 0 Å². The van der Waals surface area contributed by atoms with Gasteiger partial charge in [0.25, 0.3) is 0 Å². The first kappa shape index (κ1) is 13.0. The Balaban J connectivity index is 2.38. The molecule has 0 aromatic carbocycles. The number of hydrogen-bond acceptors (Lipinski definition) is 2. The van der Waals surface area contributed by atoms with Gasteiger partial charge in [-0.25, -0.2) is 0 Å². The summed E-state index contributed by atoms with van der Waals surface area (Å²) in [6.45, 7) is 10.3. The maximum absolute atomic E-state index is 5.86. The Bertz CT molecular complexity index is 170. The van der Waals surface area contributed by atoms with Crippen molar-refractivity contribution >= 4 is 0 Å². The highest BCUT2D eigenvalue weighted by Gasteiger charge is 2.25. The summed E-state index contributed by atoms with van der Waals surface area (Å²) >= 11 is 0. The van der Waals surface area contributed by atoms with E-state index in [1.165, 1.54) is 38.8 Å². The van der Waals surface area contributed by atoms with Crippen molar-refractivity contribution in [2.75, 3.05) is 19.6 Å². The zero-order valence-corrected chi connectivity index (χ0v) is 10.7. The highest BCUT2D eigenvalue weighted by atomic mass is 15.2. The number of rotatable bonds is 5. The van der Waals surface area contributed by atoms with Gasteiger partial charge in [-0.1, -0.05) is 27.2 Å². The van der Waals surface area contributed by atoms with Gasteiger partial charge in [0.2, 0.25) is 0 Å². The van der Waals surface area contributed by atoms with Gasteiger partial charge in [-0.3, -0.25) is 4.90 Å². The fraction of sp³-hybridized carbons (Fsp3) is 1.00. The van der Waals surface area contributed by atoms with Gasteiger partial charge in [0.05, 0.1) is 0 Å². The highest BCUT2D eigenvalue weighted by Crippen LogP contribution is 2.23. The molecule has 15 heavy (non-hydrogen) atoms. The lowest BCUT2D eigenvalue weighted by Crippen LogP contribution is -2.47. The Morgan fingerprint density at radius 2 is 2.20 bits per heavy atom. The van der Waals surface area contributed by atoms with Gasteiger partial charge >= 0.3 is 0 Å². The van der Waals surface area contributed by atoms with Gasteiger partial charge in [-0.15, -0.1) is 0 Å². The van der Waals surface area contributed by atoms with Crippen LogP contribution in [-0.2, 0) is 0 Å². The average molecular weight is 212 g/mol. The van der Waals surface area contributed by atoms with Crippen LogP contribution in [0.5, 0.6) is 0 Å². The summed E-state index contributed by atoms with van der Waals surface area (Å²) in [6.07, 6.45) is 5.31. The first-order chi connectivity index (χ1) is 7.17. The molecule has 2 nitrogen and oxygen atoms in total.